The molecule has 2 aliphatic heterocycles. The van der Waals surface area contributed by atoms with Gasteiger partial charge in [0.25, 0.3) is 5.91 Å². The van der Waals surface area contributed by atoms with Crippen LogP contribution in [0.25, 0.3) is 0 Å². The number of hydrogen-bond acceptors (Lipinski definition) is 4. The zero-order valence-corrected chi connectivity index (χ0v) is 12.7. The molecule has 1 saturated heterocycles. The predicted octanol–water partition coefficient (Wildman–Crippen LogP) is 2.39. The molecule has 0 aromatic heterocycles. The van der Waals surface area contributed by atoms with Crippen LogP contribution in [0.1, 0.15) is 31.9 Å². The third kappa shape index (κ3) is 2.52. The van der Waals surface area contributed by atoms with Crippen LogP contribution in [0, 0.1) is 0 Å². The van der Waals surface area contributed by atoms with Crippen LogP contribution in [0.2, 0.25) is 0 Å². The van der Waals surface area contributed by atoms with Gasteiger partial charge in [-0.2, -0.15) is 11.8 Å². The number of fused-ring (bicyclic) bond motifs is 1. The predicted molar refractivity (Wildman–Crippen MR) is 83.4 cm³/mol. The number of nitrogens with zero attached hydrogens (tertiary/aromatic N) is 1. The summed E-state index contributed by atoms with van der Waals surface area (Å²) in [5.74, 6) is 0.781. The lowest BCUT2D eigenvalue weighted by molar-refractivity contribution is -0.123. The van der Waals surface area contributed by atoms with Gasteiger partial charge in [-0.15, -0.1) is 0 Å². The molecule has 108 valence electrons. The maximum atomic E-state index is 11.5. The molecule has 0 spiro atoms. The van der Waals surface area contributed by atoms with E-state index in [4.69, 9.17) is 0 Å². The van der Waals surface area contributed by atoms with E-state index < -0.39 is 6.10 Å². The average molecular weight is 292 g/mol. The normalized spacial score (nSPS) is 25.1. The molecule has 1 unspecified atom stereocenters. The zero-order valence-electron chi connectivity index (χ0n) is 11.8. The Morgan fingerprint density at radius 3 is 3.00 bits per heavy atom. The monoisotopic (exact) mass is 292 g/mol. The number of benzene rings is 1. The highest BCUT2D eigenvalue weighted by atomic mass is 32.2. The molecule has 3 rings (SSSR count). The third-order valence-electron chi connectivity index (χ3n) is 4.04. The topological polar surface area (TPSA) is 52.6 Å². The highest BCUT2D eigenvalue weighted by Crippen LogP contribution is 2.36. The van der Waals surface area contributed by atoms with Crippen molar-refractivity contribution in [3.8, 4) is 0 Å². The molecule has 20 heavy (non-hydrogen) atoms. The lowest BCUT2D eigenvalue weighted by atomic mass is 10.1. The first kappa shape index (κ1) is 13.8. The molecule has 1 aromatic carbocycles. The van der Waals surface area contributed by atoms with Gasteiger partial charge in [-0.05, 0) is 18.6 Å². The van der Waals surface area contributed by atoms with Crippen LogP contribution in [0.3, 0.4) is 0 Å². The van der Waals surface area contributed by atoms with Crippen LogP contribution < -0.4 is 10.2 Å². The van der Waals surface area contributed by atoms with Gasteiger partial charge >= 0.3 is 0 Å². The Morgan fingerprint density at radius 1 is 1.40 bits per heavy atom. The largest absolute Gasteiger partial charge is 0.378 e. The van der Waals surface area contributed by atoms with E-state index in [2.05, 4.69) is 24.1 Å². The molecular formula is C15H20N2O2S. The molecule has 1 aromatic rings. The number of hydrogen-bond donors (Lipinski definition) is 2. The lowest BCUT2D eigenvalue weighted by Gasteiger charge is -2.24. The fourth-order valence-corrected chi connectivity index (χ4v) is 3.81. The second-order valence-electron chi connectivity index (χ2n) is 6.01. The van der Waals surface area contributed by atoms with Gasteiger partial charge < -0.3 is 15.3 Å². The van der Waals surface area contributed by atoms with Gasteiger partial charge in [-0.3, -0.25) is 4.79 Å². The van der Waals surface area contributed by atoms with Crippen LogP contribution in [0.5, 0.6) is 0 Å². The van der Waals surface area contributed by atoms with Crippen molar-refractivity contribution in [2.45, 2.75) is 31.1 Å². The Labute approximate surface area is 123 Å². The number of aliphatic hydroxyl groups excluding tert-OH is 1. The third-order valence-corrected chi connectivity index (χ3v) is 5.41. The summed E-state index contributed by atoms with van der Waals surface area (Å²) in [6, 6.07) is 5.84. The minimum atomic E-state index is -1.02. The molecule has 5 heteroatoms. The fourth-order valence-electron chi connectivity index (χ4n) is 2.71. The Kier molecular flexibility index (Phi) is 3.42. The van der Waals surface area contributed by atoms with Gasteiger partial charge in [0, 0.05) is 40.5 Å². The number of thioether (sulfide) groups is 1. The maximum Gasteiger partial charge on any atom is 0.257 e. The SMILES string of the molecule is CC1(C)CCN(c2ccc3c(c2)NC(=O)C3O)CCS1. The lowest BCUT2D eigenvalue weighted by Crippen LogP contribution is -2.26. The van der Waals surface area contributed by atoms with Crippen molar-refractivity contribution in [1.82, 2.24) is 0 Å². The molecule has 2 heterocycles. The van der Waals surface area contributed by atoms with Crippen LogP contribution in [0.15, 0.2) is 18.2 Å². The van der Waals surface area contributed by atoms with Crippen LogP contribution in [0.4, 0.5) is 11.4 Å². The first-order valence-electron chi connectivity index (χ1n) is 6.98. The fraction of sp³-hybridized carbons (Fsp3) is 0.533. The molecule has 4 nitrogen and oxygen atoms in total. The summed E-state index contributed by atoms with van der Waals surface area (Å²) in [5.41, 5.74) is 2.55. The highest BCUT2D eigenvalue weighted by molar-refractivity contribution is 8.00. The van der Waals surface area contributed by atoms with Crippen molar-refractivity contribution in [2.24, 2.45) is 0 Å². The van der Waals surface area contributed by atoms with Gasteiger partial charge in [-0.1, -0.05) is 19.9 Å². The van der Waals surface area contributed by atoms with E-state index in [1.54, 1.807) is 0 Å². The zero-order chi connectivity index (χ0) is 14.3. The number of nitrogens with one attached hydrogen (secondary N) is 1. The maximum absolute atomic E-state index is 11.5. The summed E-state index contributed by atoms with van der Waals surface area (Å²) in [5, 5.41) is 12.5. The minimum Gasteiger partial charge on any atom is -0.378 e. The van der Waals surface area contributed by atoms with Gasteiger partial charge in [0.15, 0.2) is 6.10 Å². The summed E-state index contributed by atoms with van der Waals surface area (Å²) >= 11 is 2.01. The van der Waals surface area contributed by atoms with Crippen molar-refractivity contribution in [3.05, 3.63) is 23.8 Å². The number of aliphatic hydroxyl groups is 1. The van der Waals surface area contributed by atoms with Crippen molar-refractivity contribution in [2.75, 3.05) is 29.1 Å². The second kappa shape index (κ2) is 4.97. The summed E-state index contributed by atoms with van der Waals surface area (Å²) in [6.45, 7) is 6.62. The molecule has 0 saturated carbocycles. The van der Waals surface area contributed by atoms with E-state index in [0.717, 1.165) is 36.6 Å². The molecule has 1 fully saturated rings. The Balaban J connectivity index is 1.82. The summed E-state index contributed by atoms with van der Waals surface area (Å²) in [4.78, 5) is 13.8. The van der Waals surface area contributed by atoms with Crippen LogP contribution >= 0.6 is 11.8 Å². The Bertz CT molecular complexity index is 545. The van der Waals surface area contributed by atoms with Crippen molar-refractivity contribution < 1.29 is 9.90 Å². The van der Waals surface area contributed by atoms with Crippen molar-refractivity contribution in [3.63, 3.8) is 0 Å². The first-order chi connectivity index (χ1) is 9.46. The van der Waals surface area contributed by atoms with E-state index in [-0.39, 0.29) is 5.91 Å². The molecule has 1 atom stereocenters. The molecule has 2 aliphatic rings. The Hall–Kier alpha value is -1.20. The second-order valence-corrected chi connectivity index (χ2v) is 7.81. The van der Waals surface area contributed by atoms with Gasteiger partial charge in [0.2, 0.25) is 0 Å². The van der Waals surface area contributed by atoms with Crippen molar-refractivity contribution in [1.29, 1.82) is 0 Å². The van der Waals surface area contributed by atoms with E-state index in [0.29, 0.717) is 10.3 Å². The van der Waals surface area contributed by atoms with Gasteiger partial charge in [-0.25, -0.2) is 0 Å². The minimum absolute atomic E-state index is 0.329. The van der Waals surface area contributed by atoms with E-state index in [1.165, 1.54) is 0 Å². The molecule has 1 amide bonds. The van der Waals surface area contributed by atoms with Crippen LogP contribution in [-0.2, 0) is 4.79 Å². The Morgan fingerprint density at radius 2 is 2.20 bits per heavy atom. The number of rotatable bonds is 1. The quantitative estimate of drug-likeness (QED) is 0.834. The van der Waals surface area contributed by atoms with Crippen LogP contribution in [-0.4, -0.2) is 34.6 Å². The summed E-state index contributed by atoms with van der Waals surface area (Å²) in [7, 11) is 0. The number of carbonyl (C=O) groups excluding carboxylic acids is 1. The van der Waals surface area contributed by atoms with Gasteiger partial charge in [0.05, 0.1) is 0 Å². The number of anilines is 2. The van der Waals surface area contributed by atoms with E-state index in [1.807, 2.05) is 30.0 Å². The molecule has 0 radical (unpaired) electrons. The summed E-state index contributed by atoms with van der Waals surface area (Å²) < 4.78 is 0.329. The first-order valence-corrected chi connectivity index (χ1v) is 7.97. The van der Waals surface area contributed by atoms with E-state index >= 15 is 0 Å². The van der Waals surface area contributed by atoms with Gasteiger partial charge in [0.1, 0.15) is 0 Å². The summed E-state index contributed by atoms with van der Waals surface area (Å²) in [6.07, 6.45) is 0.127. The molecule has 0 bridgehead atoms. The standard InChI is InChI=1S/C15H20N2O2S/c1-15(2)5-6-17(7-8-20-15)10-3-4-11-12(9-10)16-14(19)13(11)18/h3-4,9,13,18H,5-8H2,1-2H3,(H,16,19). The highest BCUT2D eigenvalue weighted by Gasteiger charge is 2.29. The number of amides is 1. The smallest absolute Gasteiger partial charge is 0.257 e. The average Bonchev–Trinajstić information content (AvgIpc) is 2.57. The molecule has 0 aliphatic carbocycles. The molecule has 2 N–H and O–H groups in total. The molecular weight excluding hydrogens is 272 g/mol. The number of carbonyl (C=O) groups is 1. The van der Waals surface area contributed by atoms with Crippen molar-refractivity contribution >= 4 is 29.0 Å². The van der Waals surface area contributed by atoms with E-state index in [9.17, 15) is 9.90 Å².